The number of hydrogen-bond acceptors (Lipinski definition) is 7. The fraction of sp³-hybridized carbons (Fsp3) is 0.261. The third-order valence-electron chi connectivity index (χ3n) is 5.11. The van der Waals surface area contributed by atoms with E-state index in [0.29, 0.717) is 5.56 Å². The molecule has 9 nitrogen and oxygen atoms in total. The predicted molar refractivity (Wildman–Crippen MR) is 111 cm³/mol. The van der Waals surface area contributed by atoms with E-state index in [2.05, 4.69) is 14.8 Å². The molecule has 1 N–H and O–H groups in total. The van der Waals surface area contributed by atoms with E-state index in [1.165, 1.54) is 12.1 Å². The van der Waals surface area contributed by atoms with E-state index in [-0.39, 0.29) is 17.5 Å². The molecular weight excluding hydrogens is 416 g/mol. The van der Waals surface area contributed by atoms with Gasteiger partial charge in [0.15, 0.2) is 0 Å². The Balaban J connectivity index is 1.93. The Bertz CT molecular complexity index is 1020. The zero-order valence-corrected chi connectivity index (χ0v) is 17.6. The number of nitrogens with zero attached hydrogens (tertiary/aromatic N) is 1. The third kappa shape index (κ3) is 4.66. The van der Waals surface area contributed by atoms with Crippen molar-refractivity contribution in [1.29, 1.82) is 0 Å². The quantitative estimate of drug-likeness (QED) is 0.484. The number of rotatable bonds is 8. The highest BCUT2D eigenvalue weighted by Crippen LogP contribution is 2.26. The molecule has 2 aromatic carbocycles. The molecule has 0 spiro atoms. The van der Waals surface area contributed by atoms with Gasteiger partial charge in [0.25, 0.3) is 11.8 Å². The number of methoxy groups -OCH3 is 2. The molecule has 1 heterocycles. The van der Waals surface area contributed by atoms with Gasteiger partial charge in [-0.05, 0) is 17.7 Å². The molecule has 1 aliphatic rings. The molecule has 0 saturated heterocycles. The highest BCUT2D eigenvalue weighted by atomic mass is 16.5. The number of nitrogens with one attached hydrogen (secondary N) is 1. The first kappa shape index (κ1) is 22.7. The lowest BCUT2D eigenvalue weighted by atomic mass is 10.0. The summed E-state index contributed by atoms with van der Waals surface area (Å²) < 4.78 is 9.24. The maximum absolute atomic E-state index is 13.3. The molecule has 1 aliphatic heterocycles. The van der Waals surface area contributed by atoms with Crippen LogP contribution in [0, 0.1) is 0 Å². The van der Waals surface area contributed by atoms with Gasteiger partial charge in [-0.1, -0.05) is 42.5 Å². The van der Waals surface area contributed by atoms with E-state index in [1.54, 1.807) is 42.5 Å². The number of amides is 3. The summed E-state index contributed by atoms with van der Waals surface area (Å²) in [6, 6.07) is 12.5. The summed E-state index contributed by atoms with van der Waals surface area (Å²) in [6.07, 6.45) is -0.445. The van der Waals surface area contributed by atoms with Gasteiger partial charge < -0.3 is 14.8 Å². The van der Waals surface area contributed by atoms with Gasteiger partial charge in [-0.25, -0.2) is 4.79 Å². The van der Waals surface area contributed by atoms with Crippen LogP contribution < -0.4 is 5.32 Å². The van der Waals surface area contributed by atoms with E-state index >= 15 is 0 Å². The van der Waals surface area contributed by atoms with Crippen LogP contribution in [0.1, 0.15) is 32.7 Å². The Labute approximate surface area is 184 Å². The molecule has 9 heteroatoms. The Morgan fingerprint density at radius 1 is 0.875 bits per heavy atom. The first-order chi connectivity index (χ1) is 15.4. The summed E-state index contributed by atoms with van der Waals surface area (Å²) in [5.74, 6) is -3.58. The van der Waals surface area contributed by atoms with E-state index in [9.17, 15) is 24.0 Å². The van der Waals surface area contributed by atoms with E-state index < -0.39 is 48.2 Å². The van der Waals surface area contributed by atoms with Crippen LogP contribution >= 0.6 is 0 Å². The second kappa shape index (κ2) is 9.86. The standard InChI is InChI=1S/C23H22N2O7/c1-31-19(26)13-17(23(30)32-2)24-20(27)18(12-14-8-4-3-5-9-14)25-21(28)15-10-6-7-11-16(15)22(25)29/h3-11,17-18H,12-13H2,1-2H3,(H,24,27)/t17-,18+/m1/s1. The summed E-state index contributed by atoms with van der Waals surface area (Å²) in [6.45, 7) is 0. The molecule has 3 rings (SSSR count). The van der Waals surface area contributed by atoms with Gasteiger partial charge in [-0.15, -0.1) is 0 Å². The lowest BCUT2D eigenvalue weighted by molar-refractivity contribution is -0.151. The summed E-state index contributed by atoms with van der Waals surface area (Å²) in [4.78, 5) is 64.0. The number of imide groups is 1. The van der Waals surface area contributed by atoms with E-state index in [1.807, 2.05) is 0 Å². The Kier molecular flexibility index (Phi) is 6.99. The van der Waals surface area contributed by atoms with Crippen LogP contribution in [0.15, 0.2) is 54.6 Å². The Morgan fingerprint density at radius 3 is 1.97 bits per heavy atom. The van der Waals surface area contributed by atoms with Gasteiger partial charge >= 0.3 is 11.9 Å². The second-order valence-electron chi connectivity index (χ2n) is 7.10. The van der Waals surface area contributed by atoms with Crippen LogP contribution in [-0.4, -0.2) is 60.9 Å². The minimum Gasteiger partial charge on any atom is -0.469 e. The van der Waals surface area contributed by atoms with Crippen molar-refractivity contribution in [2.75, 3.05) is 14.2 Å². The summed E-state index contributed by atoms with van der Waals surface area (Å²) >= 11 is 0. The van der Waals surface area contributed by atoms with Crippen molar-refractivity contribution in [1.82, 2.24) is 10.2 Å². The lowest BCUT2D eigenvalue weighted by Gasteiger charge is -2.27. The fourth-order valence-corrected chi connectivity index (χ4v) is 3.48. The second-order valence-corrected chi connectivity index (χ2v) is 7.10. The van der Waals surface area contributed by atoms with Gasteiger partial charge in [-0.3, -0.25) is 24.1 Å². The first-order valence-electron chi connectivity index (χ1n) is 9.83. The molecule has 2 atom stereocenters. The number of benzene rings is 2. The van der Waals surface area contributed by atoms with Crippen molar-refractivity contribution in [3.8, 4) is 0 Å². The molecule has 3 amide bonds. The molecule has 0 aliphatic carbocycles. The van der Waals surface area contributed by atoms with Gasteiger partial charge in [0.1, 0.15) is 12.1 Å². The zero-order valence-electron chi connectivity index (χ0n) is 17.6. The van der Waals surface area contributed by atoms with Crippen molar-refractivity contribution in [2.45, 2.75) is 24.9 Å². The Hall–Kier alpha value is -4.01. The minimum absolute atomic E-state index is 0.0181. The number of hydrogen-bond donors (Lipinski definition) is 1. The molecule has 0 saturated carbocycles. The number of esters is 2. The summed E-state index contributed by atoms with van der Waals surface area (Å²) in [7, 11) is 2.26. The molecule has 0 bridgehead atoms. The number of ether oxygens (including phenoxy) is 2. The van der Waals surface area contributed by atoms with Gasteiger partial charge in [-0.2, -0.15) is 0 Å². The van der Waals surface area contributed by atoms with Crippen molar-refractivity contribution in [3.05, 3.63) is 71.3 Å². The topological polar surface area (TPSA) is 119 Å². The van der Waals surface area contributed by atoms with Crippen LogP contribution in [-0.2, 0) is 30.3 Å². The molecule has 166 valence electrons. The monoisotopic (exact) mass is 438 g/mol. The SMILES string of the molecule is COC(=O)C[C@@H](NC(=O)[C@H](Cc1ccccc1)N1C(=O)c2ccccc2C1=O)C(=O)OC. The lowest BCUT2D eigenvalue weighted by Crippen LogP contribution is -2.54. The van der Waals surface area contributed by atoms with Crippen LogP contribution in [0.4, 0.5) is 0 Å². The van der Waals surface area contributed by atoms with Crippen molar-refractivity contribution in [2.24, 2.45) is 0 Å². The summed E-state index contributed by atoms with van der Waals surface area (Å²) in [5.41, 5.74) is 1.09. The van der Waals surface area contributed by atoms with Crippen molar-refractivity contribution < 1.29 is 33.4 Å². The van der Waals surface area contributed by atoms with Crippen LogP contribution in [0.2, 0.25) is 0 Å². The number of fused-ring (bicyclic) bond motifs is 1. The molecule has 32 heavy (non-hydrogen) atoms. The predicted octanol–water partition coefficient (Wildman–Crippen LogP) is 1.11. The molecule has 2 aromatic rings. The van der Waals surface area contributed by atoms with E-state index in [0.717, 1.165) is 19.1 Å². The molecule has 0 aromatic heterocycles. The molecule has 0 radical (unpaired) electrons. The maximum atomic E-state index is 13.3. The normalized spacial score (nSPS) is 14.4. The van der Waals surface area contributed by atoms with Crippen LogP contribution in [0.25, 0.3) is 0 Å². The number of carbonyl (C=O) groups is 5. The average Bonchev–Trinajstić information content (AvgIpc) is 3.07. The highest BCUT2D eigenvalue weighted by molar-refractivity contribution is 6.23. The van der Waals surface area contributed by atoms with Crippen LogP contribution in [0.5, 0.6) is 0 Å². The van der Waals surface area contributed by atoms with E-state index in [4.69, 9.17) is 0 Å². The van der Waals surface area contributed by atoms with Crippen molar-refractivity contribution in [3.63, 3.8) is 0 Å². The first-order valence-corrected chi connectivity index (χ1v) is 9.83. The summed E-state index contributed by atoms with van der Waals surface area (Å²) in [5, 5.41) is 2.44. The fourth-order valence-electron chi connectivity index (χ4n) is 3.48. The van der Waals surface area contributed by atoms with Gasteiger partial charge in [0, 0.05) is 6.42 Å². The highest BCUT2D eigenvalue weighted by Gasteiger charge is 2.43. The van der Waals surface area contributed by atoms with Crippen LogP contribution in [0.3, 0.4) is 0 Å². The Morgan fingerprint density at radius 2 is 1.44 bits per heavy atom. The third-order valence-corrected chi connectivity index (χ3v) is 5.11. The molecule has 0 unspecified atom stereocenters. The zero-order chi connectivity index (χ0) is 23.3. The maximum Gasteiger partial charge on any atom is 0.328 e. The average molecular weight is 438 g/mol. The molecule has 0 fully saturated rings. The van der Waals surface area contributed by atoms with Crippen molar-refractivity contribution >= 4 is 29.7 Å². The van der Waals surface area contributed by atoms with Gasteiger partial charge in [0.05, 0.1) is 31.8 Å². The largest absolute Gasteiger partial charge is 0.469 e. The minimum atomic E-state index is -1.34. The molecular formula is C23H22N2O7. The van der Waals surface area contributed by atoms with Gasteiger partial charge in [0.2, 0.25) is 5.91 Å². The number of carbonyl (C=O) groups excluding carboxylic acids is 5. The smallest absolute Gasteiger partial charge is 0.328 e.